The minimum Gasteiger partial charge on any atom is -0.481 e. The Morgan fingerprint density at radius 3 is 2.80 bits per heavy atom. The summed E-state index contributed by atoms with van der Waals surface area (Å²) >= 11 is 0. The van der Waals surface area contributed by atoms with Gasteiger partial charge in [0.2, 0.25) is 5.91 Å². The lowest BCUT2D eigenvalue weighted by Gasteiger charge is -2.39. The molecule has 0 bridgehead atoms. The van der Waals surface area contributed by atoms with Crippen LogP contribution in [0.2, 0.25) is 0 Å². The predicted molar refractivity (Wildman–Crippen MR) is 76.4 cm³/mol. The molecule has 20 heavy (non-hydrogen) atoms. The average Bonchev–Trinajstić information content (AvgIpc) is 2.44. The smallest absolute Gasteiger partial charge is 0.303 e. The zero-order valence-corrected chi connectivity index (χ0v) is 12.3. The highest BCUT2D eigenvalue weighted by Crippen LogP contribution is 2.24. The highest BCUT2D eigenvalue weighted by molar-refractivity contribution is 5.82. The first kappa shape index (κ1) is 15.3. The van der Waals surface area contributed by atoms with Gasteiger partial charge < -0.3 is 15.3 Å². The highest BCUT2D eigenvalue weighted by Gasteiger charge is 2.33. The number of piperidine rings is 2. The normalized spacial score (nSPS) is 31.1. The van der Waals surface area contributed by atoms with Gasteiger partial charge in [-0.05, 0) is 51.0 Å². The van der Waals surface area contributed by atoms with Crippen molar-refractivity contribution >= 4 is 11.9 Å². The van der Waals surface area contributed by atoms with Gasteiger partial charge >= 0.3 is 5.97 Å². The summed E-state index contributed by atoms with van der Waals surface area (Å²) in [6.45, 7) is 3.89. The van der Waals surface area contributed by atoms with E-state index in [2.05, 4.69) is 12.2 Å². The summed E-state index contributed by atoms with van der Waals surface area (Å²) in [5, 5.41) is 12.2. The minimum atomic E-state index is -0.771. The van der Waals surface area contributed by atoms with Crippen molar-refractivity contribution in [2.75, 3.05) is 13.1 Å². The first-order chi connectivity index (χ1) is 9.58. The second kappa shape index (κ2) is 7.07. The molecule has 2 N–H and O–H groups in total. The van der Waals surface area contributed by atoms with E-state index in [-0.39, 0.29) is 24.4 Å². The molecule has 0 aromatic carbocycles. The van der Waals surface area contributed by atoms with E-state index < -0.39 is 5.97 Å². The quantitative estimate of drug-likeness (QED) is 0.822. The summed E-state index contributed by atoms with van der Waals surface area (Å²) in [6.07, 6.45) is 5.86. The number of nitrogens with one attached hydrogen (secondary N) is 1. The van der Waals surface area contributed by atoms with Crippen molar-refractivity contribution in [1.29, 1.82) is 0 Å². The number of likely N-dealkylation sites (tertiary alicyclic amines) is 1. The summed E-state index contributed by atoms with van der Waals surface area (Å²) in [7, 11) is 0. The van der Waals surface area contributed by atoms with Crippen LogP contribution >= 0.6 is 0 Å². The number of rotatable bonds is 4. The van der Waals surface area contributed by atoms with Gasteiger partial charge in [-0.25, -0.2) is 0 Å². The standard InChI is InChI=1S/C15H26N2O3/c1-11-7-8-16-13(10-11)15(20)17-9-3-2-4-12(17)5-6-14(18)19/h11-13,16H,2-10H2,1H3,(H,18,19). The van der Waals surface area contributed by atoms with E-state index in [9.17, 15) is 9.59 Å². The molecule has 0 aromatic heterocycles. The first-order valence-electron chi connectivity index (χ1n) is 7.83. The van der Waals surface area contributed by atoms with E-state index in [1.54, 1.807) is 0 Å². The monoisotopic (exact) mass is 282 g/mol. The molecule has 2 heterocycles. The molecule has 1 amide bonds. The van der Waals surface area contributed by atoms with Gasteiger partial charge in [0.25, 0.3) is 0 Å². The summed E-state index contributed by atoms with van der Waals surface area (Å²) < 4.78 is 0. The first-order valence-corrected chi connectivity index (χ1v) is 7.83. The number of carboxylic acids is 1. The van der Waals surface area contributed by atoms with Crippen LogP contribution in [0.5, 0.6) is 0 Å². The number of nitrogens with zero attached hydrogens (tertiary/aromatic N) is 1. The average molecular weight is 282 g/mol. The number of carboxylic acid groups (broad SMARTS) is 1. The molecule has 5 heteroatoms. The minimum absolute atomic E-state index is 0.0656. The Balaban J connectivity index is 1.95. The molecule has 2 fully saturated rings. The van der Waals surface area contributed by atoms with Crippen LogP contribution in [0.4, 0.5) is 0 Å². The Labute approximate surface area is 120 Å². The van der Waals surface area contributed by atoms with Crippen LogP contribution in [0, 0.1) is 5.92 Å². The third-order valence-electron chi connectivity index (χ3n) is 4.57. The van der Waals surface area contributed by atoms with Gasteiger partial charge in [-0.15, -0.1) is 0 Å². The van der Waals surface area contributed by atoms with Crippen LogP contribution in [0.15, 0.2) is 0 Å². The molecular weight excluding hydrogens is 256 g/mol. The van der Waals surface area contributed by atoms with Crippen LogP contribution in [0.3, 0.4) is 0 Å². The molecule has 0 aromatic rings. The number of aliphatic carboxylic acids is 1. The molecule has 2 saturated heterocycles. The molecule has 2 aliphatic rings. The summed E-state index contributed by atoms with van der Waals surface area (Å²) in [5.74, 6) is 0.00600. The number of amides is 1. The fourth-order valence-electron chi connectivity index (χ4n) is 3.38. The molecule has 0 radical (unpaired) electrons. The second-order valence-electron chi connectivity index (χ2n) is 6.25. The maximum atomic E-state index is 12.7. The molecule has 5 nitrogen and oxygen atoms in total. The lowest BCUT2D eigenvalue weighted by atomic mass is 9.91. The zero-order chi connectivity index (χ0) is 14.5. The molecule has 0 saturated carbocycles. The van der Waals surface area contributed by atoms with Crippen LogP contribution in [-0.4, -0.2) is 47.1 Å². The van der Waals surface area contributed by atoms with Crippen molar-refractivity contribution in [3.05, 3.63) is 0 Å². The molecule has 0 spiro atoms. The van der Waals surface area contributed by atoms with Crippen LogP contribution in [0.1, 0.15) is 51.9 Å². The Bertz CT molecular complexity index is 359. The molecular formula is C15H26N2O3. The van der Waals surface area contributed by atoms with Gasteiger partial charge in [-0.3, -0.25) is 9.59 Å². The Kier molecular flexibility index (Phi) is 5.40. The summed E-state index contributed by atoms with van der Waals surface area (Å²) in [4.78, 5) is 25.4. The van der Waals surface area contributed by atoms with Crippen molar-refractivity contribution in [2.24, 2.45) is 5.92 Å². The number of carbonyl (C=O) groups is 2. The van der Waals surface area contributed by atoms with E-state index in [0.29, 0.717) is 12.3 Å². The van der Waals surface area contributed by atoms with Gasteiger partial charge in [0.05, 0.1) is 6.04 Å². The third kappa shape index (κ3) is 3.95. The van der Waals surface area contributed by atoms with Gasteiger partial charge in [0, 0.05) is 19.0 Å². The molecule has 0 aliphatic carbocycles. The van der Waals surface area contributed by atoms with Crippen LogP contribution in [-0.2, 0) is 9.59 Å². The second-order valence-corrected chi connectivity index (χ2v) is 6.25. The Morgan fingerprint density at radius 2 is 2.10 bits per heavy atom. The maximum Gasteiger partial charge on any atom is 0.303 e. The summed E-state index contributed by atoms with van der Waals surface area (Å²) in [5.41, 5.74) is 0. The highest BCUT2D eigenvalue weighted by atomic mass is 16.4. The number of hydrogen-bond donors (Lipinski definition) is 2. The van der Waals surface area contributed by atoms with E-state index in [1.165, 1.54) is 0 Å². The van der Waals surface area contributed by atoms with Gasteiger partial charge in [-0.1, -0.05) is 6.92 Å². The van der Waals surface area contributed by atoms with Gasteiger partial charge in [0.15, 0.2) is 0 Å². The Hall–Kier alpha value is -1.10. The topological polar surface area (TPSA) is 69.6 Å². The van der Waals surface area contributed by atoms with Crippen LogP contribution < -0.4 is 5.32 Å². The fourth-order valence-corrected chi connectivity index (χ4v) is 3.38. The molecule has 2 aliphatic heterocycles. The van der Waals surface area contributed by atoms with E-state index in [1.807, 2.05) is 4.90 Å². The SMILES string of the molecule is CC1CCNC(C(=O)N2CCCCC2CCC(=O)O)C1. The fraction of sp³-hybridized carbons (Fsp3) is 0.867. The van der Waals surface area contributed by atoms with Crippen molar-refractivity contribution in [3.8, 4) is 0 Å². The Morgan fingerprint density at radius 1 is 1.30 bits per heavy atom. The zero-order valence-electron chi connectivity index (χ0n) is 12.3. The lowest BCUT2D eigenvalue weighted by molar-refractivity contribution is -0.141. The van der Waals surface area contributed by atoms with Crippen molar-refractivity contribution < 1.29 is 14.7 Å². The summed E-state index contributed by atoms with van der Waals surface area (Å²) in [6, 6.07) is 0.0514. The molecule has 2 rings (SSSR count). The van der Waals surface area contributed by atoms with Gasteiger partial charge in [0.1, 0.15) is 0 Å². The van der Waals surface area contributed by atoms with Crippen molar-refractivity contribution in [1.82, 2.24) is 10.2 Å². The van der Waals surface area contributed by atoms with Gasteiger partial charge in [-0.2, -0.15) is 0 Å². The number of hydrogen-bond acceptors (Lipinski definition) is 3. The van der Waals surface area contributed by atoms with E-state index >= 15 is 0 Å². The predicted octanol–water partition coefficient (Wildman–Crippen LogP) is 1.62. The number of carbonyl (C=O) groups excluding carboxylic acids is 1. The molecule has 3 atom stereocenters. The van der Waals surface area contributed by atoms with Crippen LogP contribution in [0.25, 0.3) is 0 Å². The molecule has 3 unspecified atom stereocenters. The van der Waals surface area contributed by atoms with Crippen molar-refractivity contribution in [2.45, 2.75) is 64.0 Å². The third-order valence-corrected chi connectivity index (χ3v) is 4.57. The largest absolute Gasteiger partial charge is 0.481 e. The van der Waals surface area contributed by atoms with Crippen molar-refractivity contribution in [3.63, 3.8) is 0 Å². The van der Waals surface area contributed by atoms with E-state index in [4.69, 9.17) is 5.11 Å². The maximum absolute atomic E-state index is 12.7. The molecule has 114 valence electrons. The lowest BCUT2D eigenvalue weighted by Crippen LogP contribution is -2.54. The van der Waals surface area contributed by atoms with E-state index in [0.717, 1.165) is 45.2 Å².